The van der Waals surface area contributed by atoms with Gasteiger partial charge in [0.05, 0.1) is 6.10 Å². The van der Waals surface area contributed by atoms with Crippen molar-refractivity contribution in [1.82, 2.24) is 15.0 Å². The molecule has 0 radical (unpaired) electrons. The minimum absolute atomic E-state index is 0.0114. The minimum Gasteiger partial charge on any atom is -0.461 e. The van der Waals surface area contributed by atoms with Crippen molar-refractivity contribution in [3.05, 3.63) is 0 Å². The van der Waals surface area contributed by atoms with Crippen LogP contribution in [0.2, 0.25) is 0 Å². The highest BCUT2D eigenvalue weighted by molar-refractivity contribution is 5.35. The highest BCUT2D eigenvalue weighted by atomic mass is 16.5. The number of nitrogens with two attached hydrogens (primary N) is 1. The first kappa shape index (κ1) is 12.8. The quantitative estimate of drug-likeness (QED) is 0.536. The highest BCUT2D eigenvalue weighted by Gasteiger charge is 2.17. The molecule has 0 bridgehead atoms. The van der Waals surface area contributed by atoms with Gasteiger partial charge >= 0.3 is 6.01 Å². The molecule has 1 saturated carbocycles. The lowest BCUT2D eigenvalue weighted by atomic mass is 10.3. The van der Waals surface area contributed by atoms with Gasteiger partial charge in [0.2, 0.25) is 11.9 Å². The molecular weight excluding hydrogens is 232 g/mol. The maximum absolute atomic E-state index is 5.46. The van der Waals surface area contributed by atoms with Crippen molar-refractivity contribution in [2.45, 2.75) is 51.7 Å². The molecule has 1 aliphatic rings. The third-order valence-electron chi connectivity index (χ3n) is 2.77. The number of aromatic nitrogens is 3. The average molecular weight is 252 g/mol. The van der Waals surface area contributed by atoms with E-state index in [1.54, 1.807) is 0 Å². The molecule has 7 nitrogen and oxygen atoms in total. The van der Waals surface area contributed by atoms with Gasteiger partial charge in [-0.15, -0.1) is 0 Å². The number of nitrogens with zero attached hydrogens (tertiary/aromatic N) is 3. The molecule has 1 aromatic heterocycles. The van der Waals surface area contributed by atoms with Crippen molar-refractivity contribution >= 4 is 11.9 Å². The first-order valence-electron chi connectivity index (χ1n) is 6.33. The van der Waals surface area contributed by atoms with E-state index in [0.717, 1.165) is 12.8 Å². The summed E-state index contributed by atoms with van der Waals surface area (Å²) in [6.07, 6.45) is 4.81. The van der Waals surface area contributed by atoms with Gasteiger partial charge in [0, 0.05) is 6.04 Å². The zero-order valence-electron chi connectivity index (χ0n) is 10.8. The van der Waals surface area contributed by atoms with Crippen LogP contribution in [0.4, 0.5) is 11.9 Å². The lowest BCUT2D eigenvalue weighted by molar-refractivity contribution is 0.222. The summed E-state index contributed by atoms with van der Waals surface area (Å²) in [6.45, 7) is 3.84. The summed E-state index contributed by atoms with van der Waals surface area (Å²) < 4.78 is 5.46. The number of hydrogen-bond acceptors (Lipinski definition) is 7. The largest absolute Gasteiger partial charge is 0.461 e. The van der Waals surface area contributed by atoms with Crippen LogP contribution < -0.4 is 21.3 Å². The molecule has 0 atom stereocenters. The summed E-state index contributed by atoms with van der Waals surface area (Å²) in [7, 11) is 0. The lowest BCUT2D eigenvalue weighted by Gasteiger charge is -2.14. The van der Waals surface area contributed by atoms with Crippen molar-refractivity contribution in [2.24, 2.45) is 5.84 Å². The molecule has 0 unspecified atom stereocenters. The molecule has 18 heavy (non-hydrogen) atoms. The molecule has 100 valence electrons. The van der Waals surface area contributed by atoms with E-state index >= 15 is 0 Å². The third-order valence-corrected chi connectivity index (χ3v) is 2.77. The average Bonchev–Trinajstić information content (AvgIpc) is 2.80. The molecule has 0 aromatic carbocycles. The summed E-state index contributed by atoms with van der Waals surface area (Å²) in [5, 5.41) is 3.29. The molecule has 2 rings (SSSR count). The standard InChI is InChI=1S/C11H20N6O/c1-7(2)18-11-15-9(14-10(16-11)17-12)13-8-5-3-4-6-8/h7-8H,3-6,12H2,1-2H3,(H2,13,14,15,16,17). The van der Waals surface area contributed by atoms with Gasteiger partial charge in [-0.1, -0.05) is 12.8 Å². The van der Waals surface area contributed by atoms with Crippen molar-refractivity contribution in [3.8, 4) is 6.01 Å². The van der Waals surface area contributed by atoms with E-state index in [9.17, 15) is 0 Å². The van der Waals surface area contributed by atoms with Crippen LogP contribution in [0.25, 0.3) is 0 Å². The summed E-state index contributed by atoms with van der Waals surface area (Å²) in [5.74, 6) is 6.16. The SMILES string of the molecule is CC(C)Oc1nc(NN)nc(NC2CCCC2)n1. The van der Waals surface area contributed by atoms with E-state index < -0.39 is 0 Å². The number of hydrazine groups is 1. The zero-order valence-corrected chi connectivity index (χ0v) is 10.8. The highest BCUT2D eigenvalue weighted by Crippen LogP contribution is 2.21. The second-order valence-corrected chi connectivity index (χ2v) is 4.70. The number of nitrogens with one attached hydrogen (secondary N) is 2. The Morgan fingerprint density at radius 1 is 1.17 bits per heavy atom. The van der Waals surface area contributed by atoms with Gasteiger partial charge in [-0.2, -0.15) is 15.0 Å². The van der Waals surface area contributed by atoms with E-state index in [2.05, 4.69) is 25.7 Å². The first-order valence-corrected chi connectivity index (χ1v) is 6.33. The van der Waals surface area contributed by atoms with Crippen LogP contribution in [0.5, 0.6) is 6.01 Å². The van der Waals surface area contributed by atoms with Crippen LogP contribution >= 0.6 is 0 Å². The monoisotopic (exact) mass is 252 g/mol. The molecular formula is C11H20N6O. The zero-order chi connectivity index (χ0) is 13.0. The first-order chi connectivity index (χ1) is 8.67. The number of hydrogen-bond donors (Lipinski definition) is 3. The lowest BCUT2D eigenvalue weighted by Crippen LogP contribution is -2.20. The maximum atomic E-state index is 5.46. The molecule has 1 fully saturated rings. The summed E-state index contributed by atoms with van der Waals surface area (Å²) in [4.78, 5) is 12.5. The topological polar surface area (TPSA) is 98.0 Å². The molecule has 0 aliphatic heterocycles. The number of ether oxygens (including phenoxy) is 1. The fourth-order valence-electron chi connectivity index (χ4n) is 2.00. The molecule has 7 heteroatoms. The van der Waals surface area contributed by atoms with E-state index in [1.807, 2.05) is 13.8 Å². The van der Waals surface area contributed by atoms with Gasteiger partial charge in [0.25, 0.3) is 0 Å². The van der Waals surface area contributed by atoms with E-state index in [0.29, 0.717) is 17.9 Å². The van der Waals surface area contributed by atoms with Crippen LogP contribution in [0.1, 0.15) is 39.5 Å². The van der Waals surface area contributed by atoms with Crippen LogP contribution in [-0.4, -0.2) is 27.1 Å². The maximum Gasteiger partial charge on any atom is 0.323 e. The van der Waals surface area contributed by atoms with Gasteiger partial charge in [-0.3, -0.25) is 5.43 Å². The Morgan fingerprint density at radius 2 is 1.83 bits per heavy atom. The van der Waals surface area contributed by atoms with Crippen LogP contribution in [0, 0.1) is 0 Å². The molecule has 0 amide bonds. The number of rotatable bonds is 5. The Bertz CT molecular complexity index is 391. The fraction of sp³-hybridized carbons (Fsp3) is 0.727. The third kappa shape index (κ3) is 3.43. The van der Waals surface area contributed by atoms with Crippen LogP contribution in [-0.2, 0) is 0 Å². The van der Waals surface area contributed by atoms with Gasteiger partial charge in [0.1, 0.15) is 0 Å². The van der Waals surface area contributed by atoms with Crippen molar-refractivity contribution in [3.63, 3.8) is 0 Å². The van der Waals surface area contributed by atoms with Crippen LogP contribution in [0.15, 0.2) is 0 Å². The van der Waals surface area contributed by atoms with Crippen molar-refractivity contribution < 1.29 is 4.74 Å². The van der Waals surface area contributed by atoms with E-state index in [1.165, 1.54) is 12.8 Å². The number of nitrogen functional groups attached to an aromatic ring is 1. The predicted molar refractivity (Wildman–Crippen MR) is 69.3 cm³/mol. The minimum atomic E-state index is 0.0114. The smallest absolute Gasteiger partial charge is 0.323 e. The summed E-state index contributed by atoms with van der Waals surface area (Å²) in [6, 6.07) is 0.721. The van der Waals surface area contributed by atoms with Gasteiger partial charge in [-0.25, -0.2) is 5.84 Å². The Labute approximate surface area is 107 Å². The molecule has 0 saturated heterocycles. The Morgan fingerprint density at radius 3 is 2.44 bits per heavy atom. The van der Waals surface area contributed by atoms with Gasteiger partial charge in [0.15, 0.2) is 0 Å². The van der Waals surface area contributed by atoms with Gasteiger partial charge < -0.3 is 10.1 Å². The van der Waals surface area contributed by atoms with Gasteiger partial charge in [-0.05, 0) is 26.7 Å². The summed E-state index contributed by atoms with van der Waals surface area (Å²) >= 11 is 0. The molecule has 0 spiro atoms. The Balaban J connectivity index is 2.11. The Kier molecular flexibility index (Phi) is 4.14. The molecule has 4 N–H and O–H groups in total. The second kappa shape index (κ2) is 5.81. The normalized spacial score (nSPS) is 16.0. The van der Waals surface area contributed by atoms with Crippen molar-refractivity contribution in [1.29, 1.82) is 0 Å². The molecule has 1 heterocycles. The fourth-order valence-corrected chi connectivity index (χ4v) is 2.00. The van der Waals surface area contributed by atoms with E-state index in [-0.39, 0.29) is 12.1 Å². The second-order valence-electron chi connectivity index (χ2n) is 4.70. The summed E-state index contributed by atoms with van der Waals surface area (Å²) in [5.41, 5.74) is 2.42. The van der Waals surface area contributed by atoms with E-state index in [4.69, 9.17) is 10.6 Å². The predicted octanol–water partition coefficient (Wildman–Crippen LogP) is 1.30. The Hall–Kier alpha value is -1.63. The molecule has 1 aliphatic carbocycles. The molecule has 1 aromatic rings. The van der Waals surface area contributed by atoms with Crippen molar-refractivity contribution in [2.75, 3.05) is 10.7 Å². The van der Waals surface area contributed by atoms with Crippen LogP contribution in [0.3, 0.4) is 0 Å². The number of anilines is 2.